The summed E-state index contributed by atoms with van der Waals surface area (Å²) in [4.78, 5) is 0. The van der Waals surface area contributed by atoms with Gasteiger partial charge < -0.3 is 11.1 Å². The first-order valence-corrected chi connectivity index (χ1v) is 10.3. The van der Waals surface area contributed by atoms with Crippen LogP contribution in [0.15, 0.2) is 11.6 Å². The Kier molecular flexibility index (Phi) is 17.3. The molecule has 0 heterocycles. The van der Waals surface area contributed by atoms with Gasteiger partial charge in [-0.15, -0.1) is 0 Å². The van der Waals surface area contributed by atoms with Crippen molar-refractivity contribution in [3.8, 4) is 0 Å². The highest BCUT2D eigenvalue weighted by Crippen LogP contribution is 2.18. The summed E-state index contributed by atoms with van der Waals surface area (Å²) < 4.78 is 0. The molecular weight excluding hydrogens is 300 g/mol. The molecule has 0 rings (SSSR count). The topological polar surface area (TPSA) is 38.0 Å². The monoisotopic (exact) mass is 340 g/mol. The fourth-order valence-corrected chi connectivity index (χ4v) is 2.97. The van der Waals surface area contributed by atoms with Gasteiger partial charge in [-0.05, 0) is 37.9 Å². The Morgan fingerprint density at radius 2 is 1.22 bits per heavy atom. The number of thiocarbonyl (C=S) groups is 1. The van der Waals surface area contributed by atoms with E-state index in [0.29, 0.717) is 5.11 Å². The van der Waals surface area contributed by atoms with Gasteiger partial charge in [0.1, 0.15) is 0 Å². The second-order valence-corrected chi connectivity index (χ2v) is 7.08. The normalized spacial score (nSPS) is 10.5. The molecule has 0 aliphatic heterocycles. The minimum absolute atomic E-state index is 0.403. The lowest BCUT2D eigenvalue weighted by Gasteiger charge is -2.09. The Morgan fingerprint density at radius 1 is 0.783 bits per heavy atom. The van der Waals surface area contributed by atoms with Crippen molar-refractivity contribution in [3.05, 3.63) is 11.6 Å². The van der Waals surface area contributed by atoms with E-state index in [-0.39, 0.29) is 0 Å². The summed E-state index contributed by atoms with van der Waals surface area (Å²) in [7, 11) is 0. The molecule has 0 aromatic carbocycles. The van der Waals surface area contributed by atoms with Gasteiger partial charge in [0.2, 0.25) is 0 Å². The first kappa shape index (κ1) is 22.4. The van der Waals surface area contributed by atoms with Crippen molar-refractivity contribution in [2.45, 2.75) is 104 Å². The SMILES string of the molecule is CCCCCCCCC(=CCNC(N)=S)CCCCCCCC. The Hall–Kier alpha value is -0.570. The lowest BCUT2D eigenvalue weighted by Crippen LogP contribution is -2.29. The van der Waals surface area contributed by atoms with Gasteiger partial charge in [0.05, 0.1) is 0 Å². The molecule has 3 heteroatoms. The molecule has 0 aliphatic carbocycles. The average Bonchev–Trinajstić information content (AvgIpc) is 2.53. The lowest BCUT2D eigenvalue weighted by molar-refractivity contribution is 0.582. The van der Waals surface area contributed by atoms with Crippen molar-refractivity contribution < 1.29 is 0 Å². The van der Waals surface area contributed by atoms with Crippen LogP contribution in [0, 0.1) is 0 Å². The molecule has 0 amide bonds. The standard InChI is InChI=1S/C20H40N2S/c1-3-5-7-9-11-13-15-19(17-18-22-20(21)23)16-14-12-10-8-6-4-2/h17H,3-16,18H2,1-2H3,(H3,21,22,23). The first-order valence-electron chi connectivity index (χ1n) is 9.91. The second kappa shape index (κ2) is 17.8. The van der Waals surface area contributed by atoms with E-state index in [9.17, 15) is 0 Å². The quantitative estimate of drug-likeness (QED) is 0.198. The number of nitrogens with two attached hydrogens (primary N) is 1. The van der Waals surface area contributed by atoms with E-state index in [1.165, 1.54) is 89.9 Å². The maximum Gasteiger partial charge on any atom is 0.163 e. The summed E-state index contributed by atoms with van der Waals surface area (Å²) >= 11 is 4.88. The van der Waals surface area contributed by atoms with Crippen molar-refractivity contribution in [1.82, 2.24) is 5.32 Å². The molecule has 136 valence electrons. The van der Waals surface area contributed by atoms with E-state index in [1.54, 1.807) is 5.57 Å². The van der Waals surface area contributed by atoms with Crippen LogP contribution in [-0.4, -0.2) is 11.7 Å². The van der Waals surface area contributed by atoms with Crippen LogP contribution in [0.5, 0.6) is 0 Å². The molecular formula is C20H40N2S. The predicted octanol–water partition coefficient (Wildman–Crippen LogP) is 6.25. The van der Waals surface area contributed by atoms with Gasteiger partial charge in [-0.2, -0.15) is 0 Å². The van der Waals surface area contributed by atoms with Gasteiger partial charge in [0, 0.05) is 6.54 Å². The number of hydrogen-bond acceptors (Lipinski definition) is 1. The Balaban J connectivity index is 3.91. The lowest BCUT2D eigenvalue weighted by atomic mass is 9.99. The number of hydrogen-bond donors (Lipinski definition) is 2. The highest BCUT2D eigenvalue weighted by atomic mass is 32.1. The maximum absolute atomic E-state index is 5.51. The summed E-state index contributed by atoms with van der Waals surface area (Å²) in [5.74, 6) is 0. The summed E-state index contributed by atoms with van der Waals surface area (Å²) in [5.41, 5.74) is 7.10. The third-order valence-electron chi connectivity index (χ3n) is 4.37. The average molecular weight is 341 g/mol. The molecule has 0 fully saturated rings. The first-order chi connectivity index (χ1) is 11.2. The molecule has 0 saturated carbocycles. The molecule has 0 radical (unpaired) electrons. The molecule has 2 nitrogen and oxygen atoms in total. The van der Waals surface area contributed by atoms with Gasteiger partial charge in [-0.3, -0.25) is 0 Å². The maximum atomic E-state index is 5.51. The molecule has 0 bridgehead atoms. The summed E-state index contributed by atoms with van der Waals surface area (Å²) in [5, 5.41) is 3.45. The number of unbranched alkanes of at least 4 members (excludes halogenated alkanes) is 10. The molecule has 0 spiro atoms. The Morgan fingerprint density at radius 3 is 1.65 bits per heavy atom. The van der Waals surface area contributed by atoms with Crippen molar-refractivity contribution in [2.24, 2.45) is 5.73 Å². The van der Waals surface area contributed by atoms with Gasteiger partial charge in [0.15, 0.2) is 5.11 Å². The molecule has 0 saturated heterocycles. The van der Waals surface area contributed by atoms with Crippen LogP contribution in [-0.2, 0) is 0 Å². The summed E-state index contributed by atoms with van der Waals surface area (Å²) in [6, 6.07) is 0. The van der Waals surface area contributed by atoms with Crippen LogP contribution in [0.2, 0.25) is 0 Å². The van der Waals surface area contributed by atoms with Crippen LogP contribution in [0.1, 0.15) is 104 Å². The van der Waals surface area contributed by atoms with Crippen molar-refractivity contribution in [2.75, 3.05) is 6.54 Å². The van der Waals surface area contributed by atoms with Crippen LogP contribution in [0.3, 0.4) is 0 Å². The van der Waals surface area contributed by atoms with E-state index in [1.807, 2.05) is 0 Å². The zero-order valence-corrected chi connectivity index (χ0v) is 16.5. The highest BCUT2D eigenvalue weighted by molar-refractivity contribution is 7.80. The predicted molar refractivity (Wildman–Crippen MR) is 109 cm³/mol. The number of nitrogens with one attached hydrogen (secondary N) is 1. The van der Waals surface area contributed by atoms with Crippen LogP contribution in [0.25, 0.3) is 0 Å². The second-order valence-electron chi connectivity index (χ2n) is 6.64. The minimum atomic E-state index is 0.403. The molecule has 0 unspecified atom stereocenters. The van der Waals surface area contributed by atoms with Gasteiger partial charge in [-0.25, -0.2) is 0 Å². The highest BCUT2D eigenvalue weighted by Gasteiger charge is 2.00. The van der Waals surface area contributed by atoms with Gasteiger partial charge in [0.25, 0.3) is 0 Å². The van der Waals surface area contributed by atoms with Crippen LogP contribution >= 0.6 is 12.2 Å². The van der Waals surface area contributed by atoms with Gasteiger partial charge >= 0.3 is 0 Å². The fraction of sp³-hybridized carbons (Fsp3) is 0.850. The van der Waals surface area contributed by atoms with E-state index < -0.39 is 0 Å². The molecule has 0 aromatic heterocycles. The van der Waals surface area contributed by atoms with Crippen LogP contribution in [0.4, 0.5) is 0 Å². The third-order valence-corrected chi connectivity index (χ3v) is 4.51. The minimum Gasteiger partial charge on any atom is -0.376 e. The van der Waals surface area contributed by atoms with E-state index in [2.05, 4.69) is 25.2 Å². The zero-order valence-electron chi connectivity index (χ0n) is 15.7. The Bertz CT molecular complexity index is 282. The third kappa shape index (κ3) is 17.6. The fourth-order valence-electron chi connectivity index (χ4n) is 2.89. The van der Waals surface area contributed by atoms with Crippen molar-refractivity contribution >= 4 is 17.3 Å². The smallest absolute Gasteiger partial charge is 0.163 e. The molecule has 0 atom stereocenters. The number of rotatable bonds is 16. The van der Waals surface area contributed by atoms with E-state index >= 15 is 0 Å². The zero-order chi connectivity index (χ0) is 17.2. The Labute approximate surface area is 150 Å². The molecule has 3 N–H and O–H groups in total. The van der Waals surface area contributed by atoms with Crippen molar-refractivity contribution in [1.29, 1.82) is 0 Å². The van der Waals surface area contributed by atoms with Crippen LogP contribution < -0.4 is 11.1 Å². The van der Waals surface area contributed by atoms with E-state index in [4.69, 9.17) is 18.0 Å². The van der Waals surface area contributed by atoms with E-state index in [0.717, 1.165) is 6.54 Å². The molecule has 0 aromatic rings. The molecule has 23 heavy (non-hydrogen) atoms. The molecule has 0 aliphatic rings. The van der Waals surface area contributed by atoms with Gasteiger partial charge in [-0.1, -0.05) is 89.7 Å². The summed E-state index contributed by atoms with van der Waals surface area (Å²) in [6.45, 7) is 5.34. The van der Waals surface area contributed by atoms with Crippen molar-refractivity contribution in [3.63, 3.8) is 0 Å². The summed E-state index contributed by atoms with van der Waals surface area (Å²) in [6.07, 6.45) is 21.2. The largest absolute Gasteiger partial charge is 0.376 e. The number of allylic oxidation sites excluding steroid dienone is 1.